The summed E-state index contributed by atoms with van der Waals surface area (Å²) in [4.78, 5) is 0. The van der Waals surface area contributed by atoms with Crippen molar-refractivity contribution in [2.75, 3.05) is 0 Å². The molecule has 0 aromatic heterocycles. The van der Waals surface area contributed by atoms with Crippen molar-refractivity contribution in [1.29, 1.82) is 0 Å². The van der Waals surface area contributed by atoms with Crippen molar-refractivity contribution in [2.45, 2.75) is 101 Å². The lowest BCUT2D eigenvalue weighted by molar-refractivity contribution is -0.112. The average molecular weight is 429 g/mol. The van der Waals surface area contributed by atoms with E-state index >= 15 is 0 Å². The maximum absolute atomic E-state index is 12.6. The van der Waals surface area contributed by atoms with Gasteiger partial charge in [-0.2, -0.15) is 0 Å². The van der Waals surface area contributed by atoms with E-state index in [0.717, 1.165) is 11.1 Å². The molecule has 2 rings (SSSR count). The van der Waals surface area contributed by atoms with Gasteiger partial charge >= 0.3 is 0 Å². The van der Waals surface area contributed by atoms with Crippen LogP contribution in [0, 0.1) is 33.5 Å². The highest BCUT2D eigenvalue weighted by Crippen LogP contribution is 2.56. The molecule has 2 N–H and O–H groups in total. The van der Waals surface area contributed by atoms with Gasteiger partial charge in [0.1, 0.15) is 0 Å². The lowest BCUT2D eigenvalue weighted by Gasteiger charge is -2.56. The van der Waals surface area contributed by atoms with E-state index < -0.39 is 11.2 Å². The maximum Gasteiger partial charge on any atom is 0.0963 e. The normalized spacial score (nSPS) is 32.7. The number of rotatable bonds is 2. The molecule has 0 bridgehead atoms. The lowest BCUT2D eigenvalue weighted by Crippen LogP contribution is -2.59. The molecular weight excluding hydrogens is 380 g/mol. The number of allylic oxidation sites excluding steroid dienone is 4. The van der Waals surface area contributed by atoms with Crippen LogP contribution in [0.3, 0.4) is 0 Å². The van der Waals surface area contributed by atoms with Gasteiger partial charge < -0.3 is 10.2 Å². The van der Waals surface area contributed by atoms with Crippen LogP contribution in [0.1, 0.15) is 89.5 Å². The second-order valence-electron chi connectivity index (χ2n) is 14.1. The van der Waals surface area contributed by atoms with Gasteiger partial charge in [0.25, 0.3) is 0 Å². The van der Waals surface area contributed by atoms with Crippen molar-refractivity contribution >= 4 is 0 Å². The van der Waals surface area contributed by atoms with Crippen LogP contribution in [-0.2, 0) is 0 Å². The van der Waals surface area contributed by atoms with E-state index in [2.05, 4.69) is 120 Å². The summed E-state index contributed by atoms with van der Waals surface area (Å²) in [6, 6.07) is 0. The van der Waals surface area contributed by atoms with Gasteiger partial charge in [0, 0.05) is 18.3 Å². The summed E-state index contributed by atoms with van der Waals surface area (Å²) in [5, 5.41) is 25.2. The first-order valence-electron chi connectivity index (χ1n) is 11.9. The van der Waals surface area contributed by atoms with Gasteiger partial charge in [-0.1, -0.05) is 120 Å². The molecule has 0 fully saturated rings. The predicted molar refractivity (Wildman–Crippen MR) is 134 cm³/mol. The summed E-state index contributed by atoms with van der Waals surface area (Å²) in [7, 11) is 0. The van der Waals surface area contributed by atoms with Crippen LogP contribution in [0.2, 0.25) is 0 Å². The molecule has 0 saturated heterocycles. The Morgan fingerprint density at radius 1 is 0.613 bits per heavy atom. The first-order chi connectivity index (χ1) is 13.6. The van der Waals surface area contributed by atoms with E-state index in [4.69, 9.17) is 0 Å². The second-order valence-corrected chi connectivity index (χ2v) is 14.1. The molecule has 2 aliphatic rings. The van der Waals surface area contributed by atoms with Crippen molar-refractivity contribution in [3.8, 4) is 0 Å². The van der Waals surface area contributed by atoms with Gasteiger partial charge in [0.05, 0.1) is 11.2 Å². The molecule has 176 valence electrons. The highest BCUT2D eigenvalue weighted by molar-refractivity contribution is 5.41. The summed E-state index contributed by atoms with van der Waals surface area (Å²) >= 11 is 0. The smallest absolute Gasteiger partial charge is 0.0963 e. The van der Waals surface area contributed by atoms with Crippen LogP contribution in [0.4, 0.5) is 0 Å². The quantitative estimate of drug-likeness (QED) is 0.486. The van der Waals surface area contributed by atoms with Crippen molar-refractivity contribution in [1.82, 2.24) is 0 Å². The molecule has 4 atom stereocenters. The van der Waals surface area contributed by atoms with Crippen molar-refractivity contribution in [2.24, 2.45) is 33.5 Å². The molecule has 31 heavy (non-hydrogen) atoms. The maximum atomic E-state index is 12.6. The predicted octanol–water partition coefficient (Wildman–Crippen LogP) is 7.25. The van der Waals surface area contributed by atoms with Crippen LogP contribution in [0.25, 0.3) is 0 Å². The van der Waals surface area contributed by atoms with E-state index in [9.17, 15) is 10.2 Å². The third-order valence-corrected chi connectivity index (χ3v) is 7.12. The molecule has 0 spiro atoms. The summed E-state index contributed by atoms with van der Waals surface area (Å²) in [6.45, 7) is 26.1. The molecule has 0 unspecified atom stereocenters. The monoisotopic (exact) mass is 428 g/mol. The zero-order chi connectivity index (χ0) is 24.3. The van der Waals surface area contributed by atoms with Crippen LogP contribution in [0.15, 0.2) is 47.6 Å². The first kappa shape index (κ1) is 26.1. The summed E-state index contributed by atoms with van der Waals surface area (Å²) in [5.41, 5.74) is -1.03. The third kappa shape index (κ3) is 4.96. The zero-order valence-electron chi connectivity index (χ0n) is 22.2. The summed E-state index contributed by atoms with van der Waals surface area (Å²) in [5.74, 6) is -0.202. The molecule has 0 saturated carbocycles. The van der Waals surface area contributed by atoms with Crippen LogP contribution >= 0.6 is 0 Å². The molecule has 0 radical (unpaired) electrons. The molecule has 0 aromatic carbocycles. The van der Waals surface area contributed by atoms with Crippen molar-refractivity contribution in [3.05, 3.63) is 47.6 Å². The summed E-state index contributed by atoms with van der Waals surface area (Å²) in [6.07, 6.45) is 12.9. The molecule has 0 amide bonds. The lowest BCUT2D eigenvalue weighted by atomic mass is 9.53. The minimum absolute atomic E-state index is 0.101. The minimum atomic E-state index is -1.15. The largest absolute Gasteiger partial charge is 0.385 e. The van der Waals surface area contributed by atoms with Crippen LogP contribution in [0.5, 0.6) is 0 Å². The third-order valence-electron chi connectivity index (χ3n) is 7.12. The fourth-order valence-corrected chi connectivity index (χ4v) is 6.10. The van der Waals surface area contributed by atoms with E-state index in [0.29, 0.717) is 0 Å². The van der Waals surface area contributed by atoms with E-state index in [1.54, 1.807) is 0 Å². The number of hydrogen-bond donors (Lipinski definition) is 2. The van der Waals surface area contributed by atoms with Gasteiger partial charge in [-0.3, -0.25) is 0 Å². The topological polar surface area (TPSA) is 40.5 Å². The standard InChI is InChI=1S/C29H48O2/c1-24(2,3)20-15-13-16-21(25(4,5)6)28(20,30)19-29(31)22(26(7,8)9)17-14-18-23(29)27(10,11)12/h13-18,20,22,30-31H,19H2,1-12H3/t20-,22-,28-,29+/m1/s1. The Bertz CT molecular complexity index is 728. The van der Waals surface area contributed by atoms with Gasteiger partial charge in [-0.05, 0) is 32.8 Å². The van der Waals surface area contributed by atoms with E-state index in [1.807, 2.05) is 0 Å². The Hall–Kier alpha value is -1.12. The van der Waals surface area contributed by atoms with Crippen molar-refractivity contribution < 1.29 is 10.2 Å². The highest BCUT2D eigenvalue weighted by atomic mass is 16.3. The van der Waals surface area contributed by atoms with Gasteiger partial charge in [-0.25, -0.2) is 0 Å². The van der Waals surface area contributed by atoms with Gasteiger partial charge in [0.2, 0.25) is 0 Å². The summed E-state index contributed by atoms with van der Waals surface area (Å²) < 4.78 is 0. The molecule has 2 heteroatoms. The SMILES string of the molecule is CC(C)(C)C1=CC=C[C@H](C(C)(C)C)[C@@]1(O)C[C@]1(O)C(C(C)(C)C)=CC=C[C@@H]1C(C)(C)C. The Balaban J connectivity index is 2.77. The molecule has 0 heterocycles. The minimum Gasteiger partial charge on any atom is -0.385 e. The van der Waals surface area contributed by atoms with Crippen molar-refractivity contribution in [3.63, 3.8) is 0 Å². The number of aliphatic hydroxyl groups is 2. The van der Waals surface area contributed by atoms with Crippen LogP contribution in [-0.4, -0.2) is 21.4 Å². The zero-order valence-corrected chi connectivity index (χ0v) is 22.2. The fraction of sp³-hybridized carbons (Fsp3) is 0.724. The molecular formula is C29H48O2. The van der Waals surface area contributed by atoms with Gasteiger partial charge in [-0.15, -0.1) is 0 Å². The number of hydrogen-bond acceptors (Lipinski definition) is 2. The highest BCUT2D eigenvalue weighted by Gasteiger charge is 2.57. The Morgan fingerprint density at radius 2 is 0.903 bits per heavy atom. The van der Waals surface area contributed by atoms with E-state index in [-0.39, 0.29) is 39.9 Å². The van der Waals surface area contributed by atoms with Crippen LogP contribution < -0.4 is 0 Å². The molecule has 2 nitrogen and oxygen atoms in total. The Kier molecular flexibility index (Phi) is 6.52. The first-order valence-corrected chi connectivity index (χ1v) is 11.9. The molecule has 0 aromatic rings. The van der Waals surface area contributed by atoms with E-state index in [1.165, 1.54) is 0 Å². The van der Waals surface area contributed by atoms with Gasteiger partial charge in [0.15, 0.2) is 0 Å². The Labute approximate surface area is 192 Å². The molecule has 0 aliphatic heterocycles. The Morgan fingerprint density at radius 3 is 1.13 bits per heavy atom. The molecule has 2 aliphatic carbocycles. The fourth-order valence-electron chi connectivity index (χ4n) is 6.10. The second kappa shape index (κ2) is 7.73. The average Bonchev–Trinajstić information content (AvgIpc) is 2.49.